The molecule has 0 saturated carbocycles. The summed E-state index contributed by atoms with van der Waals surface area (Å²) < 4.78 is 20.1. The number of carbonyl (C=O) groups excluding carboxylic acids is 6. The third-order valence-electron chi connectivity index (χ3n) is 9.62. The number of hydrogen-bond acceptors (Lipinski definition) is 11. The fourth-order valence-corrected chi connectivity index (χ4v) is 6.33. The summed E-state index contributed by atoms with van der Waals surface area (Å²) in [6.07, 6.45) is 4.88. The van der Waals surface area contributed by atoms with Crippen LogP contribution >= 0.6 is 0 Å². The van der Waals surface area contributed by atoms with Crippen LogP contribution in [-0.2, 0) is 39.9 Å². The largest absolute Gasteiger partial charge is 0.508 e. The van der Waals surface area contributed by atoms with Gasteiger partial charge in [-0.2, -0.15) is 0 Å². The van der Waals surface area contributed by atoms with Gasteiger partial charge in [-0.05, 0) is 68.4 Å². The number of halogens is 1. The van der Waals surface area contributed by atoms with Gasteiger partial charge in [0.25, 0.3) is 5.91 Å². The predicted molar refractivity (Wildman–Crippen MR) is 196 cm³/mol. The van der Waals surface area contributed by atoms with Crippen molar-refractivity contribution < 1.29 is 53.2 Å². The molecule has 0 spiro atoms. The fraction of sp³-hybridized carbons (Fsp3) is 0.538. The molecule has 0 aliphatic carbocycles. The van der Waals surface area contributed by atoms with Crippen molar-refractivity contribution in [3.8, 4) is 5.75 Å². The van der Waals surface area contributed by atoms with Gasteiger partial charge in [0, 0.05) is 37.8 Å². The number of rotatable bonds is 8. The number of cyclic esters (lactones) is 1. The molecule has 1 aromatic rings. The number of aldehydes is 1. The van der Waals surface area contributed by atoms with E-state index in [0.717, 1.165) is 12.1 Å². The molecule has 6 N–H and O–H groups in total. The van der Waals surface area contributed by atoms with E-state index in [0.29, 0.717) is 24.7 Å². The second-order valence-electron chi connectivity index (χ2n) is 14.3. The standard InChI is InChI=1S/C39H53FN4O10/c1-22(2)34-37(51)41-31(20-26-18-27(40)21-28(47)19-26)38(52)44-16-9-10-30(43-44)39(53)54-33(23(3)15-17-45)12-8-6-7-11-32(48)25(5)35(49)29(36(50)42-34)14-13-24(4)46/h6-8,11,15,17-19,21-22,25,29-35,43,47-49H,9-10,12-14,16,20H2,1-5H3,(H,41,51)(H,42,50)/b8-6+,11-7+,23-15+/t25-,29+,30?,31?,32-,33-,34-,35+/m0/s1. The van der Waals surface area contributed by atoms with Crippen LogP contribution in [0.4, 0.5) is 4.39 Å². The average Bonchev–Trinajstić information content (AvgIpc) is 3.11. The van der Waals surface area contributed by atoms with Crippen LogP contribution in [0.5, 0.6) is 5.75 Å². The summed E-state index contributed by atoms with van der Waals surface area (Å²) in [4.78, 5) is 78.6. The number of amides is 3. The Bertz CT molecular complexity index is 1590. The summed E-state index contributed by atoms with van der Waals surface area (Å²) in [7, 11) is 0. The average molecular weight is 757 g/mol. The van der Waals surface area contributed by atoms with Crippen LogP contribution in [0.1, 0.15) is 72.3 Å². The molecule has 2 heterocycles. The van der Waals surface area contributed by atoms with E-state index in [4.69, 9.17) is 4.74 Å². The second-order valence-corrected chi connectivity index (χ2v) is 14.3. The quantitative estimate of drug-likeness (QED) is 0.129. The summed E-state index contributed by atoms with van der Waals surface area (Å²) in [6.45, 7) is 7.95. The van der Waals surface area contributed by atoms with Crippen LogP contribution in [0.25, 0.3) is 0 Å². The highest BCUT2D eigenvalue weighted by Gasteiger charge is 2.38. The molecular formula is C39H53FN4O10. The van der Waals surface area contributed by atoms with Crippen molar-refractivity contribution in [2.75, 3.05) is 6.54 Å². The molecule has 2 aliphatic rings. The van der Waals surface area contributed by atoms with Gasteiger partial charge >= 0.3 is 5.97 Å². The summed E-state index contributed by atoms with van der Waals surface area (Å²) in [5.74, 6) is -6.99. The van der Waals surface area contributed by atoms with Gasteiger partial charge in [0.15, 0.2) is 0 Å². The molecular weight excluding hydrogens is 703 g/mol. The van der Waals surface area contributed by atoms with Crippen molar-refractivity contribution in [2.45, 2.75) is 110 Å². The number of hydrogen-bond donors (Lipinski definition) is 6. The topological polar surface area (TPSA) is 212 Å². The molecule has 1 fully saturated rings. The van der Waals surface area contributed by atoms with Gasteiger partial charge in [0.1, 0.15) is 47.9 Å². The molecule has 2 unspecified atom stereocenters. The lowest BCUT2D eigenvalue weighted by Gasteiger charge is -2.36. The molecule has 2 aliphatic heterocycles. The summed E-state index contributed by atoms with van der Waals surface area (Å²) in [6, 6.07) is -0.387. The lowest BCUT2D eigenvalue weighted by atomic mass is 9.84. The number of phenolic OH excluding ortho intramolecular Hbond substituents is 1. The van der Waals surface area contributed by atoms with E-state index in [2.05, 4.69) is 16.1 Å². The SMILES string of the molecule is CC(=O)CC[C@H]1C(=O)N[C@@H](C(C)C)C(=O)NC(Cc2cc(O)cc(F)c2)C(=O)N2CCCC(N2)C(=O)O[C@H](/C(C)=C/C=O)C/C=C/C=C/[C@H](O)[C@H](C)[C@H]1O. The monoisotopic (exact) mass is 756 g/mol. The number of ketones is 1. The number of phenols is 1. The van der Waals surface area contributed by atoms with Crippen molar-refractivity contribution in [3.63, 3.8) is 0 Å². The second kappa shape index (κ2) is 20.7. The molecule has 54 heavy (non-hydrogen) atoms. The number of aliphatic hydroxyl groups excluding tert-OH is 2. The van der Waals surface area contributed by atoms with Gasteiger partial charge in [-0.3, -0.25) is 29.0 Å². The zero-order chi connectivity index (χ0) is 40.1. The van der Waals surface area contributed by atoms with Gasteiger partial charge in [-0.1, -0.05) is 45.1 Å². The van der Waals surface area contributed by atoms with Crippen molar-refractivity contribution >= 4 is 35.8 Å². The Hall–Kier alpha value is -4.73. The first-order valence-corrected chi connectivity index (χ1v) is 18.2. The molecule has 0 aromatic heterocycles. The number of fused-ring (bicyclic) bond motifs is 2. The van der Waals surface area contributed by atoms with Crippen molar-refractivity contribution in [3.05, 3.63) is 65.5 Å². The van der Waals surface area contributed by atoms with E-state index in [-0.39, 0.29) is 43.6 Å². The number of Topliss-reactive ketones (excluding diaryl/α,β-unsaturated/α-hetero) is 1. The Balaban J connectivity index is 2.08. The number of hydrazine groups is 1. The molecule has 1 aromatic carbocycles. The van der Waals surface area contributed by atoms with Crippen molar-refractivity contribution in [2.24, 2.45) is 17.8 Å². The van der Waals surface area contributed by atoms with Crippen LogP contribution < -0.4 is 16.1 Å². The Morgan fingerprint density at radius 1 is 1.07 bits per heavy atom. The number of esters is 1. The molecule has 1 saturated heterocycles. The number of carbonyl (C=O) groups is 6. The number of nitrogens with zero attached hydrogens (tertiary/aromatic N) is 1. The number of ether oxygens (including phenoxy) is 1. The molecule has 3 amide bonds. The number of benzene rings is 1. The first kappa shape index (κ1) is 43.7. The maximum Gasteiger partial charge on any atom is 0.325 e. The van der Waals surface area contributed by atoms with E-state index >= 15 is 0 Å². The minimum absolute atomic E-state index is 0.0559. The lowest BCUT2D eigenvalue weighted by molar-refractivity contribution is -0.156. The third-order valence-corrected chi connectivity index (χ3v) is 9.62. The smallest absolute Gasteiger partial charge is 0.325 e. The predicted octanol–water partition coefficient (Wildman–Crippen LogP) is 2.11. The molecule has 14 nitrogen and oxygen atoms in total. The highest BCUT2D eigenvalue weighted by molar-refractivity contribution is 5.93. The highest BCUT2D eigenvalue weighted by atomic mass is 19.1. The van der Waals surface area contributed by atoms with Crippen molar-refractivity contribution in [1.29, 1.82) is 0 Å². The molecule has 3 rings (SSSR count). The maximum absolute atomic E-state index is 14.3. The van der Waals surface area contributed by atoms with Gasteiger partial charge in [0.05, 0.1) is 18.1 Å². The zero-order valence-electron chi connectivity index (χ0n) is 31.4. The molecule has 15 heteroatoms. The molecule has 0 radical (unpaired) electrons. The van der Waals surface area contributed by atoms with Gasteiger partial charge in [-0.25, -0.2) is 9.82 Å². The summed E-state index contributed by atoms with van der Waals surface area (Å²) in [5.41, 5.74) is 3.51. The minimum atomic E-state index is -1.45. The summed E-state index contributed by atoms with van der Waals surface area (Å²) in [5, 5.41) is 38.9. The molecule has 296 valence electrons. The normalized spacial score (nSPS) is 29.6. The Kier molecular flexibility index (Phi) is 16.7. The van der Waals surface area contributed by atoms with Gasteiger partial charge in [0.2, 0.25) is 11.8 Å². The first-order chi connectivity index (χ1) is 25.5. The Morgan fingerprint density at radius 3 is 2.44 bits per heavy atom. The summed E-state index contributed by atoms with van der Waals surface area (Å²) >= 11 is 0. The van der Waals surface area contributed by atoms with Crippen LogP contribution in [0.3, 0.4) is 0 Å². The highest BCUT2D eigenvalue weighted by Crippen LogP contribution is 2.24. The van der Waals surface area contributed by atoms with E-state index in [9.17, 15) is 48.5 Å². The number of nitrogens with one attached hydrogen (secondary N) is 3. The van der Waals surface area contributed by atoms with Crippen LogP contribution in [0.2, 0.25) is 0 Å². The fourth-order valence-electron chi connectivity index (χ4n) is 6.33. The number of aliphatic hydroxyl groups is 2. The van der Waals surface area contributed by atoms with E-state index < -0.39 is 89.4 Å². The van der Waals surface area contributed by atoms with E-state index in [1.807, 2.05) is 0 Å². The zero-order valence-corrected chi connectivity index (χ0v) is 31.4. The lowest BCUT2D eigenvalue weighted by Crippen LogP contribution is -2.62. The Labute approximate surface area is 314 Å². The molecule has 8 atom stereocenters. The number of aromatic hydroxyl groups is 1. The third kappa shape index (κ3) is 12.7. The Morgan fingerprint density at radius 2 is 1.80 bits per heavy atom. The first-order valence-electron chi connectivity index (χ1n) is 18.2. The van der Waals surface area contributed by atoms with Crippen LogP contribution in [0, 0.1) is 23.6 Å². The van der Waals surface area contributed by atoms with Gasteiger partial charge in [-0.15, -0.1) is 0 Å². The van der Waals surface area contributed by atoms with E-state index in [1.54, 1.807) is 32.9 Å². The minimum Gasteiger partial charge on any atom is -0.508 e. The maximum atomic E-state index is 14.3. The van der Waals surface area contributed by atoms with Crippen molar-refractivity contribution in [1.82, 2.24) is 21.1 Å². The van der Waals surface area contributed by atoms with Gasteiger partial charge < -0.3 is 35.5 Å². The molecule has 2 bridgehead atoms. The van der Waals surface area contributed by atoms with Crippen LogP contribution in [-0.4, -0.2) is 99.1 Å². The van der Waals surface area contributed by atoms with Crippen LogP contribution in [0.15, 0.2) is 54.2 Å². The number of allylic oxidation sites excluding steroid dienone is 3. The van der Waals surface area contributed by atoms with E-state index in [1.165, 1.54) is 43.2 Å².